The fourth-order valence-electron chi connectivity index (χ4n) is 1.88. The topological polar surface area (TPSA) is 65.9 Å². The summed E-state index contributed by atoms with van der Waals surface area (Å²) in [6.07, 6.45) is 0.955. The summed E-state index contributed by atoms with van der Waals surface area (Å²) in [5, 5.41) is 9.38. The SMILES string of the molecule is Cc1nc(N2CC[C@@H](N)C2)c(Cl)cc1C#N.Cl. The zero-order valence-corrected chi connectivity index (χ0v) is 11.1. The third-order valence-corrected chi connectivity index (χ3v) is 3.07. The fraction of sp³-hybridized carbons (Fsp3) is 0.455. The Hall–Kier alpha value is -1.02. The van der Waals surface area contributed by atoms with Crippen LogP contribution in [0.3, 0.4) is 0 Å². The van der Waals surface area contributed by atoms with Gasteiger partial charge in [-0.2, -0.15) is 5.26 Å². The third-order valence-electron chi connectivity index (χ3n) is 2.79. The monoisotopic (exact) mass is 272 g/mol. The maximum Gasteiger partial charge on any atom is 0.147 e. The number of hydrogen-bond donors (Lipinski definition) is 1. The number of pyridine rings is 1. The van der Waals surface area contributed by atoms with E-state index in [-0.39, 0.29) is 18.4 Å². The number of rotatable bonds is 1. The van der Waals surface area contributed by atoms with E-state index >= 15 is 0 Å². The molecule has 2 N–H and O–H groups in total. The van der Waals surface area contributed by atoms with Crippen molar-refractivity contribution in [1.29, 1.82) is 5.26 Å². The number of nitriles is 1. The highest BCUT2D eigenvalue weighted by Crippen LogP contribution is 2.28. The van der Waals surface area contributed by atoms with Crippen LogP contribution in [0.4, 0.5) is 5.82 Å². The number of nitrogens with zero attached hydrogens (tertiary/aromatic N) is 3. The van der Waals surface area contributed by atoms with Gasteiger partial charge in [-0.1, -0.05) is 11.6 Å². The van der Waals surface area contributed by atoms with Crippen LogP contribution in [0.1, 0.15) is 17.7 Å². The molecule has 17 heavy (non-hydrogen) atoms. The van der Waals surface area contributed by atoms with Crippen LogP contribution < -0.4 is 10.6 Å². The molecule has 1 aromatic heterocycles. The van der Waals surface area contributed by atoms with E-state index in [1.165, 1.54) is 0 Å². The van der Waals surface area contributed by atoms with Crippen molar-refractivity contribution >= 4 is 29.8 Å². The zero-order valence-electron chi connectivity index (χ0n) is 9.48. The summed E-state index contributed by atoms with van der Waals surface area (Å²) in [6, 6.07) is 3.93. The molecule has 1 aromatic rings. The molecule has 2 heterocycles. The van der Waals surface area contributed by atoms with Gasteiger partial charge in [0, 0.05) is 19.1 Å². The van der Waals surface area contributed by atoms with E-state index < -0.39 is 0 Å². The molecule has 0 radical (unpaired) electrons. The summed E-state index contributed by atoms with van der Waals surface area (Å²) < 4.78 is 0. The molecule has 92 valence electrons. The molecule has 0 aliphatic carbocycles. The Morgan fingerprint density at radius 3 is 2.88 bits per heavy atom. The maximum absolute atomic E-state index is 8.86. The van der Waals surface area contributed by atoms with Gasteiger partial charge in [0.2, 0.25) is 0 Å². The smallest absolute Gasteiger partial charge is 0.147 e. The lowest BCUT2D eigenvalue weighted by Gasteiger charge is -2.18. The summed E-state index contributed by atoms with van der Waals surface area (Å²) in [7, 11) is 0. The minimum atomic E-state index is 0. The van der Waals surface area contributed by atoms with Crippen LogP contribution in [0.25, 0.3) is 0 Å². The van der Waals surface area contributed by atoms with E-state index in [1.54, 1.807) is 6.07 Å². The second-order valence-corrected chi connectivity index (χ2v) is 4.44. The first kappa shape index (κ1) is 14.0. The van der Waals surface area contributed by atoms with Crippen LogP contribution in [-0.2, 0) is 0 Å². The number of nitrogens with two attached hydrogens (primary N) is 1. The number of halogens is 2. The Morgan fingerprint density at radius 1 is 1.65 bits per heavy atom. The average molecular weight is 273 g/mol. The van der Waals surface area contributed by atoms with Crippen molar-refractivity contribution in [2.75, 3.05) is 18.0 Å². The average Bonchev–Trinajstić information content (AvgIpc) is 2.67. The lowest BCUT2D eigenvalue weighted by atomic mass is 10.2. The molecule has 0 bridgehead atoms. The van der Waals surface area contributed by atoms with Gasteiger partial charge in [0.05, 0.1) is 16.3 Å². The van der Waals surface area contributed by atoms with Crippen LogP contribution in [0.5, 0.6) is 0 Å². The first-order valence-electron chi connectivity index (χ1n) is 5.19. The van der Waals surface area contributed by atoms with E-state index in [2.05, 4.69) is 16.0 Å². The molecule has 1 aliphatic rings. The van der Waals surface area contributed by atoms with Gasteiger partial charge in [-0.3, -0.25) is 0 Å². The minimum Gasteiger partial charge on any atom is -0.354 e. The molecular formula is C11H14Cl2N4. The van der Waals surface area contributed by atoms with Gasteiger partial charge in [-0.25, -0.2) is 4.98 Å². The third kappa shape index (κ3) is 2.81. The summed E-state index contributed by atoms with van der Waals surface area (Å²) in [4.78, 5) is 6.45. The lowest BCUT2D eigenvalue weighted by Crippen LogP contribution is -2.27. The Labute approximate surface area is 112 Å². The van der Waals surface area contributed by atoms with Crippen LogP contribution in [0.15, 0.2) is 6.07 Å². The van der Waals surface area contributed by atoms with Gasteiger partial charge in [0.25, 0.3) is 0 Å². The standard InChI is InChI=1S/C11H13ClN4.ClH/c1-7-8(5-13)4-10(12)11(15-7)16-3-2-9(14)6-16;/h4,9H,2-3,6,14H2,1H3;1H/t9-;/m1./s1. The van der Waals surface area contributed by atoms with Gasteiger partial charge < -0.3 is 10.6 Å². The Kier molecular flexibility index (Phi) is 4.58. The molecular weight excluding hydrogens is 259 g/mol. The van der Waals surface area contributed by atoms with Crippen molar-refractivity contribution in [2.45, 2.75) is 19.4 Å². The van der Waals surface area contributed by atoms with Gasteiger partial charge in [0.15, 0.2) is 0 Å². The molecule has 0 spiro atoms. The molecule has 4 nitrogen and oxygen atoms in total. The second kappa shape index (κ2) is 5.54. The van der Waals surface area contributed by atoms with Gasteiger partial charge >= 0.3 is 0 Å². The highest BCUT2D eigenvalue weighted by molar-refractivity contribution is 6.33. The number of anilines is 1. The molecule has 1 saturated heterocycles. The summed E-state index contributed by atoms with van der Waals surface area (Å²) in [6.45, 7) is 3.46. The molecule has 0 unspecified atom stereocenters. The van der Waals surface area contributed by atoms with Crippen molar-refractivity contribution in [1.82, 2.24) is 4.98 Å². The van der Waals surface area contributed by atoms with Gasteiger partial charge in [-0.15, -0.1) is 12.4 Å². The molecule has 1 aliphatic heterocycles. The summed E-state index contributed by atoms with van der Waals surface area (Å²) in [5.74, 6) is 0.742. The molecule has 0 saturated carbocycles. The number of aromatic nitrogens is 1. The molecule has 1 atom stereocenters. The van der Waals surface area contributed by atoms with E-state index in [4.69, 9.17) is 22.6 Å². The first-order chi connectivity index (χ1) is 7.61. The van der Waals surface area contributed by atoms with Crippen LogP contribution in [-0.4, -0.2) is 24.1 Å². The van der Waals surface area contributed by atoms with E-state index in [0.717, 1.165) is 25.3 Å². The molecule has 1 fully saturated rings. The predicted octanol–water partition coefficient (Wildman–Crippen LogP) is 1.87. The first-order valence-corrected chi connectivity index (χ1v) is 5.57. The van der Waals surface area contributed by atoms with Crippen molar-refractivity contribution < 1.29 is 0 Å². The number of aryl methyl sites for hydroxylation is 1. The summed E-state index contributed by atoms with van der Waals surface area (Å²) in [5.41, 5.74) is 7.08. The number of hydrogen-bond acceptors (Lipinski definition) is 4. The van der Waals surface area contributed by atoms with Gasteiger partial charge in [-0.05, 0) is 19.4 Å². The Morgan fingerprint density at radius 2 is 2.35 bits per heavy atom. The summed E-state index contributed by atoms with van der Waals surface area (Å²) >= 11 is 6.11. The molecule has 2 rings (SSSR count). The van der Waals surface area contributed by atoms with Crippen molar-refractivity contribution in [3.63, 3.8) is 0 Å². The fourth-order valence-corrected chi connectivity index (χ4v) is 2.15. The van der Waals surface area contributed by atoms with Crippen LogP contribution in [0.2, 0.25) is 5.02 Å². The highest BCUT2D eigenvalue weighted by atomic mass is 35.5. The van der Waals surface area contributed by atoms with Crippen molar-refractivity contribution in [3.8, 4) is 6.07 Å². The van der Waals surface area contributed by atoms with Crippen molar-refractivity contribution in [2.24, 2.45) is 5.73 Å². The van der Waals surface area contributed by atoms with Crippen LogP contribution >= 0.6 is 24.0 Å². The predicted molar refractivity (Wildman–Crippen MR) is 70.8 cm³/mol. The lowest BCUT2D eigenvalue weighted by molar-refractivity contribution is 0.751. The molecule has 0 amide bonds. The van der Waals surface area contributed by atoms with E-state index in [9.17, 15) is 0 Å². The quantitative estimate of drug-likeness (QED) is 0.848. The zero-order chi connectivity index (χ0) is 11.7. The maximum atomic E-state index is 8.86. The molecule has 6 heteroatoms. The normalized spacial score (nSPS) is 18.7. The van der Waals surface area contributed by atoms with E-state index in [0.29, 0.717) is 16.3 Å². The van der Waals surface area contributed by atoms with Gasteiger partial charge in [0.1, 0.15) is 11.9 Å². The van der Waals surface area contributed by atoms with E-state index in [1.807, 2.05) is 6.92 Å². The second-order valence-electron chi connectivity index (χ2n) is 4.03. The van der Waals surface area contributed by atoms with Crippen LogP contribution in [0, 0.1) is 18.3 Å². The Balaban J connectivity index is 0.00000144. The molecule has 0 aromatic carbocycles. The largest absolute Gasteiger partial charge is 0.354 e. The van der Waals surface area contributed by atoms with Crippen molar-refractivity contribution in [3.05, 3.63) is 22.3 Å². The highest BCUT2D eigenvalue weighted by Gasteiger charge is 2.22. The Bertz CT molecular complexity index is 456. The minimum absolute atomic E-state index is 0.